The summed E-state index contributed by atoms with van der Waals surface area (Å²) >= 11 is 0. The van der Waals surface area contributed by atoms with Gasteiger partial charge in [-0.15, -0.1) is 0 Å². The van der Waals surface area contributed by atoms with Gasteiger partial charge in [0.25, 0.3) is 0 Å². The number of nitrogens with zero attached hydrogens (tertiary/aromatic N) is 3. The Balaban J connectivity index is 1.50. The Kier molecular flexibility index (Phi) is 5.61. The lowest BCUT2D eigenvalue weighted by Gasteiger charge is -2.21. The molecule has 4 rings (SSSR count). The van der Waals surface area contributed by atoms with Gasteiger partial charge in [-0.1, -0.05) is 18.2 Å². The van der Waals surface area contributed by atoms with Crippen molar-refractivity contribution in [2.75, 3.05) is 23.3 Å². The first-order valence-corrected chi connectivity index (χ1v) is 9.88. The third-order valence-corrected chi connectivity index (χ3v) is 5.04. The molecule has 7 heteroatoms. The van der Waals surface area contributed by atoms with E-state index in [1.54, 1.807) is 29.1 Å². The second-order valence-electron chi connectivity index (χ2n) is 7.17. The molecule has 1 saturated heterocycles. The number of carbonyl (C=O) groups is 2. The van der Waals surface area contributed by atoms with Crippen molar-refractivity contribution in [3.8, 4) is 5.69 Å². The minimum Gasteiger partial charge on any atom is -0.370 e. The second-order valence-corrected chi connectivity index (χ2v) is 7.17. The molecule has 1 aliphatic heterocycles. The van der Waals surface area contributed by atoms with Crippen molar-refractivity contribution in [2.24, 2.45) is 5.73 Å². The van der Waals surface area contributed by atoms with Crippen molar-refractivity contribution in [1.82, 2.24) is 9.78 Å². The van der Waals surface area contributed by atoms with Gasteiger partial charge in [0.1, 0.15) is 0 Å². The van der Waals surface area contributed by atoms with Crippen LogP contribution >= 0.6 is 0 Å². The summed E-state index contributed by atoms with van der Waals surface area (Å²) in [5.74, 6) is -0.813. The lowest BCUT2D eigenvalue weighted by molar-refractivity contribution is -0.111. The van der Waals surface area contributed by atoms with E-state index in [1.807, 2.05) is 42.6 Å². The normalized spacial score (nSPS) is 13.7. The number of rotatable bonds is 6. The third-order valence-electron chi connectivity index (χ3n) is 5.04. The predicted octanol–water partition coefficient (Wildman–Crippen LogP) is 3.22. The molecule has 152 valence electrons. The van der Waals surface area contributed by atoms with E-state index in [2.05, 4.69) is 15.3 Å². The number of nitrogens with two attached hydrogens (primary N) is 1. The molecule has 3 N–H and O–H groups in total. The molecule has 30 heavy (non-hydrogen) atoms. The molecular formula is C23H23N5O2. The Morgan fingerprint density at radius 1 is 1.07 bits per heavy atom. The zero-order valence-electron chi connectivity index (χ0n) is 16.5. The molecule has 0 unspecified atom stereocenters. The fraction of sp³-hybridized carbons (Fsp3) is 0.174. The predicted molar refractivity (Wildman–Crippen MR) is 118 cm³/mol. The van der Waals surface area contributed by atoms with Gasteiger partial charge in [-0.2, -0.15) is 5.10 Å². The third kappa shape index (κ3) is 4.41. The largest absolute Gasteiger partial charge is 0.370 e. The molecule has 0 radical (unpaired) electrons. The van der Waals surface area contributed by atoms with Gasteiger partial charge in [-0.05, 0) is 49.2 Å². The molecule has 7 nitrogen and oxygen atoms in total. The SMILES string of the molecule is NC(=O)c1ccc(N2CCCC2)c(NC(=O)/C=C/c2cnn(-c3ccccc3)c2)c1. The fourth-order valence-corrected chi connectivity index (χ4v) is 3.51. The van der Waals surface area contributed by atoms with Gasteiger partial charge in [-0.25, -0.2) is 4.68 Å². The highest BCUT2D eigenvalue weighted by Gasteiger charge is 2.18. The van der Waals surface area contributed by atoms with Crippen molar-refractivity contribution in [1.29, 1.82) is 0 Å². The molecule has 0 atom stereocenters. The van der Waals surface area contributed by atoms with Crippen LogP contribution in [-0.4, -0.2) is 34.7 Å². The minimum absolute atomic E-state index is 0.287. The molecule has 0 aliphatic carbocycles. The maximum atomic E-state index is 12.6. The van der Waals surface area contributed by atoms with E-state index >= 15 is 0 Å². The maximum absolute atomic E-state index is 12.6. The van der Waals surface area contributed by atoms with Gasteiger partial charge >= 0.3 is 0 Å². The van der Waals surface area contributed by atoms with Crippen molar-refractivity contribution in [3.63, 3.8) is 0 Å². The first kappa shape index (κ1) is 19.4. The van der Waals surface area contributed by atoms with Crippen LogP contribution in [0.25, 0.3) is 11.8 Å². The number of amides is 2. The van der Waals surface area contributed by atoms with Crippen LogP contribution in [0.15, 0.2) is 67.0 Å². The Morgan fingerprint density at radius 2 is 1.83 bits per heavy atom. The quantitative estimate of drug-likeness (QED) is 0.620. The first-order chi connectivity index (χ1) is 14.6. The lowest BCUT2D eigenvalue weighted by Crippen LogP contribution is -2.21. The Hall–Kier alpha value is -3.87. The molecule has 0 saturated carbocycles. The minimum atomic E-state index is -0.526. The van der Waals surface area contributed by atoms with Crippen LogP contribution in [0, 0.1) is 0 Å². The van der Waals surface area contributed by atoms with Gasteiger partial charge in [-0.3, -0.25) is 9.59 Å². The van der Waals surface area contributed by atoms with E-state index in [-0.39, 0.29) is 5.91 Å². The average molecular weight is 401 g/mol. The van der Waals surface area contributed by atoms with Crippen LogP contribution in [0.2, 0.25) is 0 Å². The van der Waals surface area contributed by atoms with Crippen LogP contribution < -0.4 is 16.0 Å². The molecule has 3 aromatic rings. The summed E-state index contributed by atoms with van der Waals surface area (Å²) in [6, 6.07) is 14.9. The highest BCUT2D eigenvalue weighted by molar-refractivity contribution is 6.05. The van der Waals surface area contributed by atoms with Gasteiger partial charge in [0.2, 0.25) is 11.8 Å². The van der Waals surface area contributed by atoms with Crippen molar-refractivity contribution < 1.29 is 9.59 Å². The Labute approximate surface area is 174 Å². The van der Waals surface area contributed by atoms with E-state index in [1.165, 1.54) is 6.08 Å². The average Bonchev–Trinajstić information content (AvgIpc) is 3.45. The number of benzene rings is 2. The van der Waals surface area contributed by atoms with Crippen LogP contribution in [0.1, 0.15) is 28.8 Å². The van der Waals surface area contributed by atoms with Gasteiger partial charge < -0.3 is 16.0 Å². The van der Waals surface area contributed by atoms with E-state index < -0.39 is 5.91 Å². The summed E-state index contributed by atoms with van der Waals surface area (Å²) < 4.78 is 1.75. The van der Waals surface area contributed by atoms with Crippen LogP contribution in [-0.2, 0) is 4.79 Å². The van der Waals surface area contributed by atoms with Crippen molar-refractivity contribution >= 4 is 29.3 Å². The monoisotopic (exact) mass is 401 g/mol. The molecular weight excluding hydrogens is 378 g/mol. The van der Waals surface area contributed by atoms with Crippen LogP contribution in [0.5, 0.6) is 0 Å². The molecule has 1 aromatic heterocycles. The zero-order valence-corrected chi connectivity index (χ0v) is 16.5. The van der Waals surface area contributed by atoms with E-state index in [9.17, 15) is 9.59 Å². The summed E-state index contributed by atoms with van der Waals surface area (Å²) in [6.07, 6.45) is 8.92. The van der Waals surface area contributed by atoms with Crippen molar-refractivity contribution in [3.05, 3.63) is 78.1 Å². The second kappa shape index (κ2) is 8.65. The summed E-state index contributed by atoms with van der Waals surface area (Å²) in [5.41, 5.74) is 9.01. The number of nitrogens with one attached hydrogen (secondary N) is 1. The molecule has 2 heterocycles. The fourth-order valence-electron chi connectivity index (χ4n) is 3.51. The molecule has 1 fully saturated rings. The number of hydrogen-bond acceptors (Lipinski definition) is 4. The number of carbonyl (C=O) groups excluding carboxylic acids is 2. The molecule has 2 amide bonds. The highest BCUT2D eigenvalue weighted by atomic mass is 16.1. The number of hydrogen-bond donors (Lipinski definition) is 2. The zero-order chi connectivity index (χ0) is 20.9. The van der Waals surface area contributed by atoms with E-state index in [0.717, 1.165) is 42.9 Å². The standard InChI is InChI=1S/C23H23N5O2/c24-23(30)18-9-10-21(27-12-4-5-13-27)20(14-18)26-22(29)11-8-17-15-25-28(16-17)19-6-2-1-3-7-19/h1-3,6-11,14-16H,4-5,12-13H2,(H2,24,30)(H,26,29)/b11-8+. The summed E-state index contributed by atoms with van der Waals surface area (Å²) in [6.45, 7) is 1.85. The highest BCUT2D eigenvalue weighted by Crippen LogP contribution is 2.30. The molecule has 2 aromatic carbocycles. The van der Waals surface area contributed by atoms with E-state index in [4.69, 9.17) is 5.73 Å². The topological polar surface area (TPSA) is 93.2 Å². The molecule has 0 bridgehead atoms. The number of anilines is 2. The van der Waals surface area contributed by atoms with E-state index in [0.29, 0.717) is 11.3 Å². The summed E-state index contributed by atoms with van der Waals surface area (Å²) in [5, 5.41) is 7.21. The maximum Gasteiger partial charge on any atom is 0.248 e. The smallest absolute Gasteiger partial charge is 0.248 e. The first-order valence-electron chi connectivity index (χ1n) is 9.88. The van der Waals surface area contributed by atoms with Gasteiger partial charge in [0.15, 0.2) is 0 Å². The van der Waals surface area contributed by atoms with Gasteiger partial charge in [0.05, 0.1) is 23.3 Å². The van der Waals surface area contributed by atoms with Crippen LogP contribution in [0.3, 0.4) is 0 Å². The Bertz CT molecular complexity index is 1080. The Morgan fingerprint density at radius 3 is 2.57 bits per heavy atom. The van der Waals surface area contributed by atoms with Crippen molar-refractivity contribution in [2.45, 2.75) is 12.8 Å². The summed E-state index contributed by atoms with van der Waals surface area (Å²) in [4.78, 5) is 26.3. The van der Waals surface area contributed by atoms with Crippen LogP contribution in [0.4, 0.5) is 11.4 Å². The summed E-state index contributed by atoms with van der Waals surface area (Å²) in [7, 11) is 0. The molecule has 0 spiro atoms. The lowest BCUT2D eigenvalue weighted by atomic mass is 10.1. The molecule has 1 aliphatic rings. The van der Waals surface area contributed by atoms with Gasteiger partial charge in [0, 0.05) is 36.5 Å². The number of primary amides is 1. The number of aromatic nitrogens is 2. The number of para-hydroxylation sites is 1.